The van der Waals surface area contributed by atoms with E-state index in [0.29, 0.717) is 11.6 Å². The van der Waals surface area contributed by atoms with Crippen LogP contribution in [0.1, 0.15) is 49.4 Å². The van der Waals surface area contributed by atoms with E-state index >= 15 is 0 Å². The molecule has 0 radical (unpaired) electrons. The minimum Gasteiger partial charge on any atom is -0.449 e. The lowest BCUT2D eigenvalue weighted by molar-refractivity contribution is -0.129. The Morgan fingerprint density at radius 2 is 2.08 bits per heavy atom. The van der Waals surface area contributed by atoms with Gasteiger partial charge in [0.1, 0.15) is 0 Å². The second kappa shape index (κ2) is 9.09. The number of ether oxygens (including phenoxy) is 1. The van der Waals surface area contributed by atoms with Crippen molar-refractivity contribution in [1.82, 2.24) is 5.32 Å². The summed E-state index contributed by atoms with van der Waals surface area (Å²) in [4.78, 5) is 24.1. The lowest BCUT2D eigenvalue weighted by Gasteiger charge is -2.16. The van der Waals surface area contributed by atoms with Crippen molar-refractivity contribution in [2.24, 2.45) is 0 Å². The second-order valence-electron chi connectivity index (χ2n) is 5.82. The monoisotopic (exact) mass is 369 g/mol. The van der Waals surface area contributed by atoms with Crippen molar-refractivity contribution in [2.45, 2.75) is 45.1 Å². The molecule has 1 aromatic carbocycles. The first-order chi connectivity index (χ1) is 11.5. The molecular weight excluding hydrogens is 349 g/mol. The number of benzene rings is 1. The highest BCUT2D eigenvalue weighted by molar-refractivity contribution is 6.35. The summed E-state index contributed by atoms with van der Waals surface area (Å²) < 4.78 is 5.17. The molecule has 2 rings (SSSR count). The first kappa shape index (κ1) is 18.8. The molecule has 0 unspecified atom stereocenters. The van der Waals surface area contributed by atoms with Gasteiger partial charge in [0, 0.05) is 11.6 Å². The maximum absolute atomic E-state index is 12.1. The average molecular weight is 370 g/mol. The number of allylic oxidation sites excluding steroid dienone is 1. The summed E-state index contributed by atoms with van der Waals surface area (Å²) in [6.45, 7) is 2.08. The third kappa shape index (κ3) is 5.53. The van der Waals surface area contributed by atoms with Crippen LogP contribution >= 0.6 is 23.2 Å². The Morgan fingerprint density at radius 3 is 2.79 bits per heavy atom. The molecule has 1 aromatic rings. The number of hydrogen-bond donors (Lipinski definition) is 1. The van der Waals surface area contributed by atoms with Crippen LogP contribution in [-0.4, -0.2) is 24.5 Å². The molecule has 0 saturated carbocycles. The highest BCUT2D eigenvalue weighted by Crippen LogP contribution is 2.22. The normalized spacial score (nSPS) is 15.4. The lowest BCUT2D eigenvalue weighted by Crippen LogP contribution is -2.36. The standard InChI is InChI=1S/C18H21Cl2NO3/c1-12(17(22)21-10-9-13-5-3-2-4-6-13)24-18(23)15-11-14(19)7-8-16(15)20/h5,7-8,11-12H,2-4,6,9-10H2,1H3,(H,21,22)/t12-/m1/s1. The Balaban J connectivity index is 1.81. The van der Waals surface area contributed by atoms with Crippen LogP contribution in [0, 0.1) is 0 Å². The molecule has 130 valence electrons. The van der Waals surface area contributed by atoms with Gasteiger partial charge in [0.05, 0.1) is 10.6 Å². The zero-order valence-electron chi connectivity index (χ0n) is 13.6. The van der Waals surface area contributed by atoms with Crippen molar-refractivity contribution in [3.63, 3.8) is 0 Å². The molecule has 0 saturated heterocycles. The van der Waals surface area contributed by atoms with E-state index in [1.54, 1.807) is 6.07 Å². The Labute approximate surface area is 152 Å². The molecule has 1 amide bonds. The van der Waals surface area contributed by atoms with Gasteiger partial charge in [-0.15, -0.1) is 0 Å². The Morgan fingerprint density at radius 1 is 1.29 bits per heavy atom. The zero-order valence-corrected chi connectivity index (χ0v) is 15.1. The summed E-state index contributed by atoms with van der Waals surface area (Å²) in [6.07, 6.45) is 6.88. The number of hydrogen-bond acceptors (Lipinski definition) is 3. The van der Waals surface area contributed by atoms with Crippen LogP contribution in [0.4, 0.5) is 0 Å². The van der Waals surface area contributed by atoms with Gasteiger partial charge in [-0.05, 0) is 57.2 Å². The number of amides is 1. The lowest BCUT2D eigenvalue weighted by atomic mass is 9.97. The third-order valence-electron chi connectivity index (χ3n) is 3.93. The van der Waals surface area contributed by atoms with Crippen molar-refractivity contribution >= 4 is 35.1 Å². The number of halogens is 2. The van der Waals surface area contributed by atoms with Gasteiger partial charge in [0.15, 0.2) is 6.10 Å². The van der Waals surface area contributed by atoms with E-state index in [1.165, 1.54) is 37.5 Å². The smallest absolute Gasteiger partial charge is 0.340 e. The van der Waals surface area contributed by atoms with E-state index in [2.05, 4.69) is 11.4 Å². The van der Waals surface area contributed by atoms with Crippen LogP contribution in [0.15, 0.2) is 29.8 Å². The van der Waals surface area contributed by atoms with Gasteiger partial charge in [-0.2, -0.15) is 0 Å². The molecule has 1 aliphatic carbocycles. The fraction of sp³-hybridized carbons (Fsp3) is 0.444. The van der Waals surface area contributed by atoms with Crippen molar-refractivity contribution in [1.29, 1.82) is 0 Å². The van der Waals surface area contributed by atoms with E-state index in [1.807, 2.05) is 0 Å². The number of carbonyl (C=O) groups excluding carboxylic acids is 2. The quantitative estimate of drug-likeness (QED) is 0.591. The molecule has 4 nitrogen and oxygen atoms in total. The summed E-state index contributed by atoms with van der Waals surface area (Å²) in [7, 11) is 0. The summed E-state index contributed by atoms with van der Waals surface area (Å²) in [6, 6.07) is 4.52. The molecule has 0 aliphatic heterocycles. The molecule has 1 N–H and O–H groups in total. The first-order valence-corrected chi connectivity index (χ1v) is 8.84. The van der Waals surface area contributed by atoms with E-state index in [-0.39, 0.29) is 16.5 Å². The summed E-state index contributed by atoms with van der Waals surface area (Å²) in [5.74, 6) is -0.988. The van der Waals surface area contributed by atoms with E-state index < -0.39 is 12.1 Å². The van der Waals surface area contributed by atoms with Crippen LogP contribution < -0.4 is 5.32 Å². The first-order valence-electron chi connectivity index (χ1n) is 8.09. The summed E-state index contributed by atoms with van der Waals surface area (Å²) >= 11 is 11.8. The molecule has 24 heavy (non-hydrogen) atoms. The van der Waals surface area contributed by atoms with Crippen LogP contribution in [-0.2, 0) is 9.53 Å². The highest BCUT2D eigenvalue weighted by atomic mass is 35.5. The predicted molar refractivity (Wildman–Crippen MR) is 95.5 cm³/mol. The van der Waals surface area contributed by atoms with Gasteiger partial charge in [-0.25, -0.2) is 4.79 Å². The van der Waals surface area contributed by atoms with Gasteiger partial charge < -0.3 is 10.1 Å². The molecule has 0 heterocycles. The summed E-state index contributed by atoms with van der Waals surface area (Å²) in [5, 5.41) is 3.41. The molecule has 6 heteroatoms. The Hall–Kier alpha value is -1.52. The van der Waals surface area contributed by atoms with Gasteiger partial charge >= 0.3 is 5.97 Å². The Kier molecular flexibility index (Phi) is 7.13. The molecule has 1 aliphatic rings. The van der Waals surface area contributed by atoms with Crippen LogP contribution in [0.5, 0.6) is 0 Å². The number of carbonyl (C=O) groups is 2. The van der Waals surface area contributed by atoms with Crippen LogP contribution in [0.3, 0.4) is 0 Å². The second-order valence-corrected chi connectivity index (χ2v) is 6.66. The molecule has 0 bridgehead atoms. The largest absolute Gasteiger partial charge is 0.449 e. The number of rotatable bonds is 6. The minimum atomic E-state index is -0.895. The van der Waals surface area contributed by atoms with E-state index in [0.717, 1.165) is 19.3 Å². The van der Waals surface area contributed by atoms with Gasteiger partial charge in [0.25, 0.3) is 5.91 Å². The average Bonchev–Trinajstić information content (AvgIpc) is 2.57. The van der Waals surface area contributed by atoms with Crippen molar-refractivity contribution in [3.8, 4) is 0 Å². The predicted octanol–water partition coefficient (Wildman–Crippen LogP) is 4.55. The van der Waals surface area contributed by atoms with Gasteiger partial charge in [-0.1, -0.05) is 34.9 Å². The van der Waals surface area contributed by atoms with Crippen molar-refractivity contribution in [2.75, 3.05) is 6.54 Å². The van der Waals surface area contributed by atoms with Crippen molar-refractivity contribution < 1.29 is 14.3 Å². The maximum atomic E-state index is 12.1. The van der Waals surface area contributed by atoms with Crippen molar-refractivity contribution in [3.05, 3.63) is 45.5 Å². The fourth-order valence-electron chi connectivity index (χ4n) is 2.55. The molecule has 0 fully saturated rings. The number of esters is 1. The minimum absolute atomic E-state index is 0.149. The molecule has 0 aromatic heterocycles. The molecule has 1 atom stereocenters. The Bertz CT molecular complexity index is 643. The molecule has 0 spiro atoms. The maximum Gasteiger partial charge on any atom is 0.340 e. The van der Waals surface area contributed by atoms with Crippen LogP contribution in [0.25, 0.3) is 0 Å². The SMILES string of the molecule is C[C@@H](OC(=O)c1cc(Cl)ccc1Cl)C(=O)NCCC1=CCCCC1. The van der Waals surface area contributed by atoms with Gasteiger partial charge in [-0.3, -0.25) is 4.79 Å². The van der Waals surface area contributed by atoms with E-state index in [9.17, 15) is 9.59 Å². The van der Waals surface area contributed by atoms with E-state index in [4.69, 9.17) is 27.9 Å². The summed E-state index contributed by atoms with van der Waals surface area (Å²) in [5.41, 5.74) is 1.54. The van der Waals surface area contributed by atoms with Crippen LogP contribution in [0.2, 0.25) is 10.0 Å². The van der Waals surface area contributed by atoms with Gasteiger partial charge in [0.2, 0.25) is 0 Å². The highest BCUT2D eigenvalue weighted by Gasteiger charge is 2.20. The fourth-order valence-corrected chi connectivity index (χ4v) is 2.92. The topological polar surface area (TPSA) is 55.4 Å². The third-order valence-corrected chi connectivity index (χ3v) is 4.50. The number of nitrogens with one attached hydrogen (secondary N) is 1. The molecular formula is C18H21Cl2NO3. The zero-order chi connectivity index (χ0) is 17.5.